The molecule has 0 saturated heterocycles. The van der Waals surface area contributed by atoms with Gasteiger partial charge < -0.3 is 0 Å². The van der Waals surface area contributed by atoms with Crippen molar-refractivity contribution in [3.05, 3.63) is 64.4 Å². The van der Waals surface area contributed by atoms with Crippen LogP contribution in [0.5, 0.6) is 0 Å². The highest BCUT2D eigenvalue weighted by molar-refractivity contribution is 6.30. The van der Waals surface area contributed by atoms with Crippen LogP contribution in [0.2, 0.25) is 5.02 Å². The fourth-order valence-corrected chi connectivity index (χ4v) is 1.77. The first-order chi connectivity index (χ1) is 8.20. The molecule has 0 aliphatic heterocycles. The van der Waals surface area contributed by atoms with Crippen molar-refractivity contribution >= 4 is 11.6 Å². The maximum absolute atomic E-state index is 8.74. The molecule has 17 heavy (non-hydrogen) atoms. The highest BCUT2D eigenvalue weighted by atomic mass is 35.5. The van der Waals surface area contributed by atoms with E-state index in [0.29, 0.717) is 10.6 Å². The average molecular weight is 243 g/mol. The Labute approximate surface area is 105 Å². The van der Waals surface area contributed by atoms with Gasteiger partial charge in [-0.05, 0) is 29.8 Å². The predicted molar refractivity (Wildman–Crippen MR) is 67.9 cm³/mol. The molecule has 0 fully saturated rings. The van der Waals surface area contributed by atoms with Crippen LogP contribution in [-0.2, 0) is 0 Å². The van der Waals surface area contributed by atoms with Gasteiger partial charge in [0.1, 0.15) is 0 Å². The van der Waals surface area contributed by atoms with E-state index in [1.54, 1.807) is 6.20 Å². The standard InChI is InChI=1S/C14H11ClN2/c1-10(14-7-6-13(15)9-17-14)12-4-2-11(8-16)3-5-12/h2-7,9-10H,1H3. The van der Waals surface area contributed by atoms with E-state index >= 15 is 0 Å². The van der Waals surface area contributed by atoms with Crippen LogP contribution >= 0.6 is 11.6 Å². The molecule has 3 heteroatoms. The summed E-state index contributed by atoms with van der Waals surface area (Å²) in [6.07, 6.45) is 1.65. The molecule has 1 atom stereocenters. The molecule has 0 aliphatic rings. The lowest BCUT2D eigenvalue weighted by atomic mass is 9.96. The summed E-state index contributed by atoms with van der Waals surface area (Å²) < 4.78 is 0. The molecule has 1 aromatic heterocycles. The van der Waals surface area contributed by atoms with Gasteiger partial charge >= 0.3 is 0 Å². The van der Waals surface area contributed by atoms with Gasteiger partial charge in [0.2, 0.25) is 0 Å². The molecule has 2 rings (SSSR count). The third-order valence-electron chi connectivity index (χ3n) is 2.73. The smallest absolute Gasteiger partial charge is 0.0991 e. The van der Waals surface area contributed by atoms with Crippen molar-refractivity contribution in [1.29, 1.82) is 5.26 Å². The Balaban J connectivity index is 2.27. The Hall–Kier alpha value is -1.85. The van der Waals surface area contributed by atoms with Crippen LogP contribution in [0.1, 0.15) is 29.7 Å². The zero-order chi connectivity index (χ0) is 12.3. The SMILES string of the molecule is CC(c1ccc(C#N)cc1)c1ccc(Cl)cn1. The van der Waals surface area contributed by atoms with Gasteiger partial charge in [0, 0.05) is 17.8 Å². The number of nitriles is 1. The van der Waals surface area contributed by atoms with Crippen molar-refractivity contribution in [3.63, 3.8) is 0 Å². The lowest BCUT2D eigenvalue weighted by molar-refractivity contribution is 0.871. The van der Waals surface area contributed by atoms with E-state index in [4.69, 9.17) is 16.9 Å². The number of hydrogen-bond donors (Lipinski definition) is 0. The van der Waals surface area contributed by atoms with E-state index in [2.05, 4.69) is 18.0 Å². The fourth-order valence-electron chi connectivity index (χ4n) is 1.66. The third kappa shape index (κ3) is 2.64. The van der Waals surface area contributed by atoms with Crippen LogP contribution in [0.3, 0.4) is 0 Å². The number of benzene rings is 1. The van der Waals surface area contributed by atoms with Crippen molar-refractivity contribution in [1.82, 2.24) is 4.98 Å². The summed E-state index contributed by atoms with van der Waals surface area (Å²) >= 11 is 5.80. The Bertz CT molecular complexity index is 538. The van der Waals surface area contributed by atoms with E-state index in [9.17, 15) is 0 Å². The maximum atomic E-state index is 8.74. The number of pyridine rings is 1. The van der Waals surface area contributed by atoms with Crippen molar-refractivity contribution in [2.45, 2.75) is 12.8 Å². The molecule has 1 heterocycles. The number of halogens is 1. The summed E-state index contributed by atoms with van der Waals surface area (Å²) in [4.78, 5) is 4.30. The fraction of sp³-hybridized carbons (Fsp3) is 0.143. The zero-order valence-electron chi connectivity index (χ0n) is 9.39. The minimum atomic E-state index is 0.194. The molecule has 1 aromatic carbocycles. The predicted octanol–water partition coefficient (Wildman–Crippen LogP) is 3.76. The molecule has 0 spiro atoms. The second-order valence-corrected chi connectivity index (χ2v) is 4.29. The lowest BCUT2D eigenvalue weighted by Gasteiger charge is -2.11. The van der Waals surface area contributed by atoms with E-state index in [1.807, 2.05) is 36.4 Å². The average Bonchev–Trinajstić information content (AvgIpc) is 2.39. The van der Waals surface area contributed by atoms with Crippen LogP contribution in [-0.4, -0.2) is 4.98 Å². The minimum Gasteiger partial charge on any atom is -0.259 e. The number of nitrogens with zero attached hydrogens (tertiary/aromatic N) is 2. The summed E-state index contributed by atoms with van der Waals surface area (Å²) in [6, 6.07) is 13.4. The molecule has 0 saturated carbocycles. The monoisotopic (exact) mass is 242 g/mol. The van der Waals surface area contributed by atoms with Gasteiger partial charge in [-0.1, -0.05) is 30.7 Å². The van der Waals surface area contributed by atoms with Gasteiger partial charge in [-0.15, -0.1) is 0 Å². The van der Waals surface area contributed by atoms with Gasteiger partial charge in [0.15, 0.2) is 0 Å². The summed E-state index contributed by atoms with van der Waals surface area (Å²) in [5.74, 6) is 0.194. The first-order valence-electron chi connectivity index (χ1n) is 5.32. The third-order valence-corrected chi connectivity index (χ3v) is 2.96. The topological polar surface area (TPSA) is 36.7 Å². The lowest BCUT2D eigenvalue weighted by Crippen LogP contribution is -1.98. The van der Waals surface area contributed by atoms with E-state index in [1.165, 1.54) is 0 Å². The van der Waals surface area contributed by atoms with E-state index in [0.717, 1.165) is 11.3 Å². The van der Waals surface area contributed by atoms with Crippen LogP contribution in [0.4, 0.5) is 0 Å². The Morgan fingerprint density at radius 3 is 2.41 bits per heavy atom. The summed E-state index contributed by atoms with van der Waals surface area (Å²) in [5.41, 5.74) is 2.78. The van der Waals surface area contributed by atoms with Crippen LogP contribution in [0.15, 0.2) is 42.6 Å². The molecule has 2 aromatic rings. The molecule has 0 radical (unpaired) electrons. The number of aromatic nitrogens is 1. The van der Waals surface area contributed by atoms with Gasteiger partial charge in [-0.25, -0.2) is 0 Å². The minimum absolute atomic E-state index is 0.194. The molecular formula is C14H11ClN2. The van der Waals surface area contributed by atoms with Crippen molar-refractivity contribution in [2.24, 2.45) is 0 Å². The van der Waals surface area contributed by atoms with E-state index in [-0.39, 0.29) is 5.92 Å². The van der Waals surface area contributed by atoms with Gasteiger partial charge in [0.25, 0.3) is 0 Å². The van der Waals surface area contributed by atoms with Gasteiger partial charge in [-0.3, -0.25) is 4.98 Å². The number of hydrogen-bond acceptors (Lipinski definition) is 2. The molecule has 2 nitrogen and oxygen atoms in total. The van der Waals surface area contributed by atoms with Crippen LogP contribution in [0.25, 0.3) is 0 Å². The molecular weight excluding hydrogens is 232 g/mol. The number of rotatable bonds is 2. The first kappa shape index (κ1) is 11.6. The van der Waals surface area contributed by atoms with Gasteiger partial charge in [-0.2, -0.15) is 5.26 Å². The Morgan fingerprint density at radius 2 is 1.88 bits per heavy atom. The van der Waals surface area contributed by atoms with Crippen molar-refractivity contribution < 1.29 is 0 Å². The normalized spacial score (nSPS) is 11.8. The molecule has 1 unspecified atom stereocenters. The Kier molecular flexibility index (Phi) is 3.41. The van der Waals surface area contributed by atoms with E-state index < -0.39 is 0 Å². The van der Waals surface area contributed by atoms with Crippen molar-refractivity contribution in [3.8, 4) is 6.07 Å². The molecule has 0 bridgehead atoms. The second-order valence-electron chi connectivity index (χ2n) is 3.86. The highest BCUT2D eigenvalue weighted by Gasteiger charge is 2.09. The van der Waals surface area contributed by atoms with Gasteiger partial charge in [0.05, 0.1) is 16.7 Å². The second kappa shape index (κ2) is 4.99. The summed E-state index contributed by atoms with van der Waals surface area (Å²) in [5, 5.41) is 9.38. The molecule has 0 N–H and O–H groups in total. The zero-order valence-corrected chi connectivity index (χ0v) is 10.1. The quantitative estimate of drug-likeness (QED) is 0.804. The molecule has 84 valence electrons. The van der Waals surface area contributed by atoms with Crippen LogP contribution < -0.4 is 0 Å². The first-order valence-corrected chi connectivity index (χ1v) is 5.70. The Morgan fingerprint density at radius 1 is 1.18 bits per heavy atom. The highest BCUT2D eigenvalue weighted by Crippen LogP contribution is 2.23. The molecule has 0 aliphatic carbocycles. The summed E-state index contributed by atoms with van der Waals surface area (Å²) in [7, 11) is 0. The largest absolute Gasteiger partial charge is 0.259 e. The maximum Gasteiger partial charge on any atom is 0.0991 e. The van der Waals surface area contributed by atoms with Crippen LogP contribution in [0, 0.1) is 11.3 Å². The molecule has 0 amide bonds. The summed E-state index contributed by atoms with van der Waals surface area (Å²) in [6.45, 7) is 2.08. The van der Waals surface area contributed by atoms with Crippen molar-refractivity contribution in [2.75, 3.05) is 0 Å².